The van der Waals surface area contributed by atoms with Crippen LogP contribution < -0.4 is 16.0 Å². The lowest BCUT2D eigenvalue weighted by Crippen LogP contribution is -2.50. The van der Waals surface area contributed by atoms with E-state index in [-0.39, 0.29) is 11.4 Å². The maximum Gasteiger partial charge on any atom is 0.524 e. The number of aliphatic hydroxyl groups is 6. The van der Waals surface area contributed by atoms with Crippen LogP contribution in [-0.2, 0) is 4.57 Å². The molecule has 0 aliphatic rings. The zero-order valence-corrected chi connectivity index (χ0v) is 16.7. The highest BCUT2D eigenvalue weighted by molar-refractivity contribution is 7.46. The molecule has 0 saturated carbocycles. The van der Waals surface area contributed by atoms with E-state index in [0.717, 1.165) is 24.3 Å². The number of phosphoric ester groups is 1. The quantitative estimate of drug-likeness (QED) is 0.0965. The average molecular weight is 461 g/mol. The molecule has 0 aliphatic carbocycles. The second-order valence-corrected chi connectivity index (χ2v) is 7.17. The third-order valence-electron chi connectivity index (χ3n) is 3.16. The first-order valence-electron chi connectivity index (χ1n) is 7.98. The molecule has 30 heavy (non-hydrogen) atoms. The van der Waals surface area contributed by atoms with Gasteiger partial charge in [0.2, 0.25) is 0 Å². The zero-order valence-electron chi connectivity index (χ0n) is 15.8. The van der Waals surface area contributed by atoms with Crippen molar-refractivity contribution in [2.75, 3.05) is 39.6 Å². The number of nitrogens with two attached hydrogens (primary N) is 2. The van der Waals surface area contributed by atoms with Crippen molar-refractivity contribution in [3.05, 3.63) is 34.4 Å². The summed E-state index contributed by atoms with van der Waals surface area (Å²) in [5.41, 5.74) is 7.70. The van der Waals surface area contributed by atoms with E-state index in [2.05, 4.69) is 4.52 Å². The van der Waals surface area contributed by atoms with Gasteiger partial charge in [-0.3, -0.25) is 19.9 Å². The number of nitro benzene ring substituents is 1. The van der Waals surface area contributed by atoms with Crippen LogP contribution in [0.25, 0.3) is 0 Å². The Bertz CT molecular complexity index is 612. The van der Waals surface area contributed by atoms with Gasteiger partial charge in [0.05, 0.1) is 55.6 Å². The van der Waals surface area contributed by atoms with Gasteiger partial charge in [0.25, 0.3) is 5.69 Å². The normalized spacial score (nSPS) is 11.5. The summed E-state index contributed by atoms with van der Waals surface area (Å²) < 4.78 is 14.5. The van der Waals surface area contributed by atoms with Gasteiger partial charge in [-0.05, 0) is 12.1 Å². The summed E-state index contributed by atoms with van der Waals surface area (Å²) in [7, 11) is -4.60. The van der Waals surface area contributed by atoms with Crippen LogP contribution in [0.5, 0.6) is 5.75 Å². The number of non-ortho nitro benzene ring substituents is 1. The van der Waals surface area contributed by atoms with Crippen LogP contribution in [0.2, 0.25) is 0 Å². The molecule has 0 amide bonds. The van der Waals surface area contributed by atoms with Crippen molar-refractivity contribution < 1.29 is 54.4 Å². The molecule has 0 spiro atoms. The highest BCUT2D eigenvalue weighted by atomic mass is 31.2. The smallest absolute Gasteiger partial charge is 0.404 e. The van der Waals surface area contributed by atoms with Gasteiger partial charge in [0.1, 0.15) is 5.75 Å². The highest BCUT2D eigenvalue weighted by Gasteiger charge is 2.21. The van der Waals surface area contributed by atoms with Crippen LogP contribution in [-0.4, -0.2) is 96.1 Å². The van der Waals surface area contributed by atoms with Crippen molar-refractivity contribution in [3.63, 3.8) is 0 Å². The maximum atomic E-state index is 10.4. The van der Waals surface area contributed by atoms with Gasteiger partial charge in [-0.25, -0.2) is 4.57 Å². The summed E-state index contributed by atoms with van der Waals surface area (Å²) in [6, 6.07) is 4.39. The third kappa shape index (κ3) is 13.5. The van der Waals surface area contributed by atoms with Crippen molar-refractivity contribution >= 4 is 13.5 Å². The molecule has 176 valence electrons. The van der Waals surface area contributed by atoms with Gasteiger partial charge in [-0.2, -0.15) is 0 Å². The molecule has 15 nitrogen and oxygen atoms in total. The van der Waals surface area contributed by atoms with Crippen molar-refractivity contribution in [2.45, 2.75) is 11.1 Å². The number of benzene rings is 1. The van der Waals surface area contributed by atoms with E-state index in [1.165, 1.54) is 0 Å². The van der Waals surface area contributed by atoms with Crippen molar-refractivity contribution in [1.29, 1.82) is 0 Å². The summed E-state index contributed by atoms with van der Waals surface area (Å²) in [6.07, 6.45) is 0. The van der Waals surface area contributed by atoms with Crippen LogP contribution >= 0.6 is 7.82 Å². The molecule has 16 heteroatoms. The topological polar surface area (TPSA) is 283 Å². The predicted octanol–water partition coefficient (Wildman–Crippen LogP) is -3.61. The first kappa shape index (κ1) is 30.4. The monoisotopic (exact) mass is 461 g/mol. The molecule has 0 aliphatic heterocycles. The summed E-state index contributed by atoms with van der Waals surface area (Å²) in [5, 5.41) is 60.3. The fourth-order valence-electron chi connectivity index (χ4n) is 1.07. The summed E-state index contributed by atoms with van der Waals surface area (Å²) in [4.78, 5) is 26.4. The largest absolute Gasteiger partial charge is 0.524 e. The Kier molecular flexibility index (Phi) is 14.5. The Morgan fingerprint density at radius 3 is 1.30 bits per heavy atom. The third-order valence-corrected chi connectivity index (χ3v) is 3.61. The van der Waals surface area contributed by atoms with Crippen molar-refractivity contribution in [2.24, 2.45) is 11.5 Å². The number of phosphoric acid groups is 1. The van der Waals surface area contributed by atoms with Gasteiger partial charge >= 0.3 is 7.82 Å². The fourth-order valence-corrected chi connectivity index (χ4v) is 1.46. The number of rotatable bonds is 9. The zero-order chi connectivity index (χ0) is 24.0. The van der Waals surface area contributed by atoms with Gasteiger partial charge in [-0.15, -0.1) is 0 Å². The van der Waals surface area contributed by atoms with E-state index >= 15 is 0 Å². The van der Waals surface area contributed by atoms with Gasteiger partial charge in [-0.1, -0.05) is 0 Å². The van der Waals surface area contributed by atoms with E-state index in [1.54, 1.807) is 0 Å². The molecule has 0 fully saturated rings. The van der Waals surface area contributed by atoms with Crippen LogP contribution in [0, 0.1) is 10.1 Å². The molecule has 0 saturated heterocycles. The Morgan fingerprint density at radius 1 is 0.833 bits per heavy atom. The lowest BCUT2D eigenvalue weighted by molar-refractivity contribution is -0.384. The highest BCUT2D eigenvalue weighted by Crippen LogP contribution is 2.37. The second kappa shape index (κ2) is 14.3. The van der Waals surface area contributed by atoms with E-state index in [0.29, 0.717) is 0 Å². The standard InChI is InChI=1S/C6H6NO6P.2C4H11NO3/c8-7(9)5-1-3-6(4-2-5)13-14(10,11)12;2*5-4(1-6,2-7)3-8/h1-4H,(H2,10,11,12);2*6-8H,1-3,5H2. The van der Waals surface area contributed by atoms with Crippen molar-refractivity contribution in [1.82, 2.24) is 0 Å². The molecule has 0 radical (unpaired) electrons. The number of hydrogen-bond acceptors (Lipinski definition) is 12. The average Bonchev–Trinajstić information content (AvgIpc) is 2.72. The molecule has 0 atom stereocenters. The van der Waals surface area contributed by atoms with E-state index in [1.807, 2.05) is 0 Å². The van der Waals surface area contributed by atoms with Crippen LogP contribution in [0.4, 0.5) is 5.69 Å². The van der Waals surface area contributed by atoms with Gasteiger partial charge in [0.15, 0.2) is 0 Å². The Hall–Kier alpha value is -1.75. The fraction of sp³-hybridized carbons (Fsp3) is 0.571. The molecular weight excluding hydrogens is 433 g/mol. The summed E-state index contributed by atoms with van der Waals surface area (Å²) >= 11 is 0. The Morgan fingerprint density at radius 2 is 1.13 bits per heavy atom. The first-order chi connectivity index (χ1) is 13.7. The molecule has 0 heterocycles. The molecule has 1 rings (SSSR count). The molecule has 0 aromatic heterocycles. The number of nitro groups is 1. The van der Waals surface area contributed by atoms with E-state index in [4.69, 9.17) is 51.9 Å². The van der Waals surface area contributed by atoms with Crippen molar-refractivity contribution in [3.8, 4) is 5.75 Å². The molecule has 1 aromatic carbocycles. The van der Waals surface area contributed by atoms with Crippen LogP contribution in [0.3, 0.4) is 0 Å². The Labute approximate surface area is 171 Å². The van der Waals surface area contributed by atoms with Crippen LogP contribution in [0.1, 0.15) is 0 Å². The van der Waals surface area contributed by atoms with E-state index in [9.17, 15) is 14.7 Å². The predicted molar refractivity (Wildman–Crippen MR) is 102 cm³/mol. The SMILES string of the molecule is NC(CO)(CO)CO.NC(CO)(CO)CO.O=[N+]([O-])c1ccc(OP(=O)(O)O)cc1. The van der Waals surface area contributed by atoms with Crippen LogP contribution in [0.15, 0.2) is 24.3 Å². The molecule has 0 bridgehead atoms. The molecular formula is C14H28N3O12P. The number of hydrogen-bond donors (Lipinski definition) is 10. The van der Waals surface area contributed by atoms with Gasteiger partial charge < -0.3 is 46.6 Å². The molecule has 12 N–H and O–H groups in total. The minimum Gasteiger partial charge on any atom is -0.404 e. The molecule has 1 aromatic rings. The molecule has 0 unspecified atom stereocenters. The van der Waals surface area contributed by atoms with Gasteiger partial charge in [0, 0.05) is 12.1 Å². The summed E-state index contributed by atoms with van der Waals surface area (Å²) in [6.45, 7) is -2.42. The lowest BCUT2D eigenvalue weighted by atomic mass is 10.1. The second-order valence-electron chi connectivity index (χ2n) is 6.01. The van der Waals surface area contributed by atoms with E-state index < -0.39 is 63.5 Å². The number of aliphatic hydroxyl groups excluding tert-OH is 6. The lowest BCUT2D eigenvalue weighted by Gasteiger charge is -2.20. The summed E-state index contributed by atoms with van der Waals surface area (Å²) in [5.74, 6) is -0.121. The first-order valence-corrected chi connectivity index (χ1v) is 9.51. The maximum absolute atomic E-state index is 10.4. The Balaban J connectivity index is 0. The minimum absolute atomic E-state index is 0.121. The number of nitrogens with zero attached hydrogens (tertiary/aromatic N) is 1. The minimum atomic E-state index is -4.60.